The van der Waals surface area contributed by atoms with Crippen LogP contribution in [0.3, 0.4) is 0 Å². The quantitative estimate of drug-likeness (QED) is 0.506. The van der Waals surface area contributed by atoms with E-state index >= 15 is 0 Å². The molecule has 0 bridgehead atoms. The van der Waals surface area contributed by atoms with E-state index in [0.29, 0.717) is 21.5 Å². The first kappa shape index (κ1) is 24.6. The molecule has 1 N–H and O–H groups in total. The number of nitriles is 2. The van der Waals surface area contributed by atoms with E-state index in [1.165, 1.54) is 5.56 Å². The van der Waals surface area contributed by atoms with Crippen molar-refractivity contribution in [2.75, 3.05) is 0 Å². The lowest BCUT2D eigenvalue weighted by atomic mass is 9.63. The highest BCUT2D eigenvalue weighted by atomic mass is 35.5. The van der Waals surface area contributed by atoms with Crippen LogP contribution in [0.5, 0.6) is 0 Å². The van der Waals surface area contributed by atoms with Gasteiger partial charge in [0.2, 0.25) is 5.91 Å². The highest BCUT2D eigenvalue weighted by Crippen LogP contribution is 2.66. The van der Waals surface area contributed by atoms with E-state index in [0.717, 1.165) is 19.3 Å². The van der Waals surface area contributed by atoms with Gasteiger partial charge in [-0.05, 0) is 53.4 Å². The van der Waals surface area contributed by atoms with Crippen molar-refractivity contribution in [3.05, 3.63) is 69.7 Å². The molecule has 2 saturated carbocycles. The Bertz CT molecular complexity index is 1130. The molecular weight excluding hydrogens is 465 g/mol. The van der Waals surface area contributed by atoms with Crippen LogP contribution in [0, 0.1) is 45.8 Å². The molecule has 1 amide bonds. The van der Waals surface area contributed by atoms with Gasteiger partial charge >= 0.3 is 0 Å². The maximum absolute atomic E-state index is 13.6. The van der Waals surface area contributed by atoms with Crippen LogP contribution in [0.25, 0.3) is 0 Å². The highest BCUT2D eigenvalue weighted by molar-refractivity contribution is 6.36. The molecule has 2 aromatic rings. The van der Waals surface area contributed by atoms with E-state index < -0.39 is 17.3 Å². The average Bonchev–Trinajstić information content (AvgIpc) is 3.48. The summed E-state index contributed by atoms with van der Waals surface area (Å²) in [6, 6.07) is 19.6. The normalized spacial score (nSPS) is 27.8. The molecule has 176 valence electrons. The molecule has 5 atom stereocenters. The molecule has 0 heterocycles. The van der Waals surface area contributed by atoms with Crippen LogP contribution in [0.1, 0.15) is 57.1 Å². The van der Waals surface area contributed by atoms with Crippen molar-refractivity contribution < 1.29 is 4.79 Å². The van der Waals surface area contributed by atoms with Crippen LogP contribution >= 0.6 is 23.2 Å². The molecule has 34 heavy (non-hydrogen) atoms. The zero-order valence-electron chi connectivity index (χ0n) is 19.7. The lowest BCUT2D eigenvalue weighted by molar-refractivity contribution is -0.124. The summed E-state index contributed by atoms with van der Waals surface area (Å²) in [7, 11) is 0. The lowest BCUT2D eigenvalue weighted by Gasteiger charge is -2.45. The summed E-state index contributed by atoms with van der Waals surface area (Å²) in [5.74, 6) is -1.01. The molecule has 0 unspecified atom stereocenters. The fourth-order valence-electron chi connectivity index (χ4n) is 6.01. The molecule has 2 aliphatic carbocycles. The van der Waals surface area contributed by atoms with E-state index in [2.05, 4.69) is 50.4 Å². The third-order valence-corrected chi connectivity index (χ3v) is 8.71. The van der Waals surface area contributed by atoms with Gasteiger partial charge in [-0.1, -0.05) is 86.8 Å². The van der Waals surface area contributed by atoms with Gasteiger partial charge in [-0.15, -0.1) is 0 Å². The first-order chi connectivity index (χ1) is 16.2. The minimum atomic E-state index is -1.47. The second-order valence-corrected chi connectivity index (χ2v) is 11.2. The van der Waals surface area contributed by atoms with Crippen LogP contribution in [0.4, 0.5) is 0 Å². The topological polar surface area (TPSA) is 76.7 Å². The number of benzene rings is 2. The van der Waals surface area contributed by atoms with Gasteiger partial charge in [-0.3, -0.25) is 4.79 Å². The predicted molar refractivity (Wildman–Crippen MR) is 134 cm³/mol. The van der Waals surface area contributed by atoms with Gasteiger partial charge < -0.3 is 5.32 Å². The fraction of sp³-hybridized carbons (Fsp3) is 0.464. The minimum Gasteiger partial charge on any atom is -0.353 e. The summed E-state index contributed by atoms with van der Waals surface area (Å²) < 4.78 is 0. The smallest absolute Gasteiger partial charge is 0.226 e. The third kappa shape index (κ3) is 4.08. The number of halogens is 2. The van der Waals surface area contributed by atoms with Gasteiger partial charge in [0, 0.05) is 22.0 Å². The maximum Gasteiger partial charge on any atom is 0.226 e. The number of carbonyl (C=O) groups is 1. The van der Waals surface area contributed by atoms with Crippen molar-refractivity contribution in [1.29, 1.82) is 10.5 Å². The number of carbonyl (C=O) groups excluding carboxylic acids is 1. The summed E-state index contributed by atoms with van der Waals surface area (Å²) in [6.07, 6.45) is 2.97. The Balaban J connectivity index is 1.63. The molecule has 4 nitrogen and oxygen atoms in total. The van der Waals surface area contributed by atoms with Crippen LogP contribution < -0.4 is 5.32 Å². The number of nitrogens with zero attached hydrogens (tertiary/aromatic N) is 2. The van der Waals surface area contributed by atoms with Crippen LogP contribution in [-0.2, 0) is 10.2 Å². The minimum absolute atomic E-state index is 0.0514. The summed E-state index contributed by atoms with van der Waals surface area (Å²) in [5.41, 5.74) is 0.135. The van der Waals surface area contributed by atoms with E-state index in [9.17, 15) is 15.3 Å². The van der Waals surface area contributed by atoms with Crippen molar-refractivity contribution in [2.45, 2.75) is 57.4 Å². The molecule has 2 fully saturated rings. The van der Waals surface area contributed by atoms with E-state index in [1.807, 2.05) is 18.2 Å². The monoisotopic (exact) mass is 493 g/mol. The number of hydrogen-bond acceptors (Lipinski definition) is 3. The van der Waals surface area contributed by atoms with Crippen LogP contribution in [0.15, 0.2) is 48.5 Å². The summed E-state index contributed by atoms with van der Waals surface area (Å²) in [4.78, 5) is 13.6. The second kappa shape index (κ2) is 9.26. The standard InChI is InChI=1S/C28H29Cl2N3O/c1-17-12-13-19(27(2,3)18-8-5-4-6-9-18)22(14-17)33-26(34)25-24(28(25,15-31)16-32)23-20(29)10-7-11-21(23)30/h4-11,17,19,22,24-25H,12-14H2,1-3H3,(H,33,34)/t17-,19-,22-,24-,25+/m1/s1. The Morgan fingerprint density at radius 2 is 1.65 bits per heavy atom. The Labute approximate surface area is 211 Å². The average molecular weight is 494 g/mol. The van der Waals surface area contributed by atoms with E-state index in [4.69, 9.17) is 23.2 Å². The van der Waals surface area contributed by atoms with Gasteiger partial charge in [0.1, 0.15) is 0 Å². The predicted octanol–water partition coefficient (Wildman–Crippen LogP) is 6.64. The number of rotatable bonds is 5. The van der Waals surface area contributed by atoms with Gasteiger partial charge in [-0.2, -0.15) is 10.5 Å². The molecule has 0 aliphatic heterocycles. The molecule has 4 rings (SSSR count). The second-order valence-electron chi connectivity index (χ2n) is 10.4. The molecule has 6 heteroatoms. The largest absolute Gasteiger partial charge is 0.353 e. The molecule has 2 aliphatic rings. The Morgan fingerprint density at radius 3 is 2.24 bits per heavy atom. The molecule has 2 aromatic carbocycles. The van der Waals surface area contributed by atoms with E-state index in [-0.39, 0.29) is 23.3 Å². The Hall–Kier alpha value is -2.53. The summed E-state index contributed by atoms with van der Waals surface area (Å²) >= 11 is 12.8. The molecule has 0 spiro atoms. The lowest BCUT2D eigenvalue weighted by Crippen LogP contribution is -2.51. The maximum atomic E-state index is 13.6. The molecule has 0 saturated heterocycles. The first-order valence-electron chi connectivity index (χ1n) is 11.8. The zero-order chi connectivity index (χ0) is 24.7. The van der Waals surface area contributed by atoms with Crippen molar-refractivity contribution in [3.8, 4) is 12.1 Å². The number of hydrogen-bond donors (Lipinski definition) is 1. The summed E-state index contributed by atoms with van der Waals surface area (Å²) in [6.45, 7) is 6.68. The molecule has 0 aromatic heterocycles. The Kier molecular flexibility index (Phi) is 6.69. The van der Waals surface area contributed by atoms with Gasteiger partial charge in [0.15, 0.2) is 5.41 Å². The van der Waals surface area contributed by atoms with Gasteiger partial charge in [0.05, 0.1) is 18.1 Å². The molecule has 0 radical (unpaired) electrons. The summed E-state index contributed by atoms with van der Waals surface area (Å²) in [5, 5.41) is 23.9. The number of amides is 1. The third-order valence-electron chi connectivity index (χ3n) is 8.05. The van der Waals surface area contributed by atoms with Crippen molar-refractivity contribution >= 4 is 29.1 Å². The highest BCUT2D eigenvalue weighted by Gasteiger charge is 2.72. The Morgan fingerprint density at radius 1 is 1.03 bits per heavy atom. The van der Waals surface area contributed by atoms with Gasteiger partial charge in [-0.25, -0.2) is 0 Å². The van der Waals surface area contributed by atoms with Crippen molar-refractivity contribution in [2.24, 2.45) is 23.2 Å². The first-order valence-corrected chi connectivity index (χ1v) is 12.5. The fourth-order valence-corrected chi connectivity index (χ4v) is 6.64. The SMILES string of the molecule is C[C@@H]1CC[C@@H](C(C)(C)c2ccccc2)[C@H](NC(=O)[C@@H]2[C@@H](c3c(Cl)cccc3Cl)C2(C#N)C#N)C1. The van der Waals surface area contributed by atoms with Crippen LogP contribution in [0.2, 0.25) is 10.0 Å². The van der Waals surface area contributed by atoms with Crippen molar-refractivity contribution in [3.63, 3.8) is 0 Å². The zero-order valence-corrected chi connectivity index (χ0v) is 21.2. The molecular formula is C28H29Cl2N3O. The number of nitrogens with one attached hydrogen (secondary N) is 1. The van der Waals surface area contributed by atoms with E-state index in [1.54, 1.807) is 18.2 Å². The van der Waals surface area contributed by atoms with Crippen LogP contribution in [-0.4, -0.2) is 11.9 Å². The van der Waals surface area contributed by atoms with Crippen molar-refractivity contribution in [1.82, 2.24) is 5.32 Å². The van der Waals surface area contributed by atoms with Gasteiger partial charge in [0.25, 0.3) is 0 Å².